The molecule has 0 saturated heterocycles. The van der Waals surface area contributed by atoms with Crippen LogP contribution in [0, 0.1) is 5.92 Å². The van der Waals surface area contributed by atoms with Gasteiger partial charge in [-0.3, -0.25) is 0 Å². The zero-order valence-corrected chi connectivity index (χ0v) is 10.2. The van der Waals surface area contributed by atoms with Crippen molar-refractivity contribution in [2.24, 2.45) is 5.92 Å². The molecule has 1 N–H and O–H groups in total. The number of hydrogen-bond donors (Lipinski definition) is 1. The Morgan fingerprint density at radius 1 is 1.36 bits per heavy atom. The molecule has 2 unspecified atom stereocenters. The summed E-state index contributed by atoms with van der Waals surface area (Å²) in [5.74, 6) is 0.798. The van der Waals surface area contributed by atoms with Gasteiger partial charge in [-0.2, -0.15) is 0 Å². The van der Waals surface area contributed by atoms with Crippen molar-refractivity contribution in [3.8, 4) is 0 Å². The van der Waals surface area contributed by atoms with Crippen LogP contribution in [-0.2, 0) is 0 Å². The first-order chi connectivity index (χ1) is 6.76. The maximum Gasteiger partial charge on any atom is 0.00926 e. The van der Waals surface area contributed by atoms with Crippen LogP contribution in [0.5, 0.6) is 0 Å². The van der Waals surface area contributed by atoms with Crippen molar-refractivity contribution >= 4 is 0 Å². The quantitative estimate of drug-likeness (QED) is 0.438. The minimum absolute atomic E-state index is 0.708. The Balaban J connectivity index is 3.77. The van der Waals surface area contributed by atoms with Crippen molar-refractivity contribution < 1.29 is 0 Å². The van der Waals surface area contributed by atoms with Crippen LogP contribution >= 0.6 is 0 Å². The summed E-state index contributed by atoms with van der Waals surface area (Å²) in [6.45, 7) is 11.8. The van der Waals surface area contributed by atoms with E-state index in [9.17, 15) is 0 Å². The normalized spacial score (nSPS) is 15.1. The Labute approximate surface area is 90.0 Å². The second kappa shape index (κ2) is 9.26. The average molecular weight is 197 g/mol. The number of rotatable bonds is 9. The molecule has 0 aliphatic rings. The Kier molecular flexibility index (Phi) is 9.06. The van der Waals surface area contributed by atoms with E-state index < -0.39 is 0 Å². The third-order valence-corrected chi connectivity index (χ3v) is 2.91. The number of allylic oxidation sites excluding steroid dienone is 1. The standard InChI is InChI=1S/C13H27N/c1-5-8-9-10-13(12(4)7-3)14-11-6-2/h5,12-14H,1,6-11H2,2-4H3. The van der Waals surface area contributed by atoms with E-state index in [0.29, 0.717) is 6.04 Å². The minimum Gasteiger partial charge on any atom is -0.314 e. The molecule has 1 nitrogen and oxygen atoms in total. The number of hydrogen-bond acceptors (Lipinski definition) is 1. The summed E-state index contributed by atoms with van der Waals surface area (Å²) in [5, 5.41) is 3.64. The Morgan fingerprint density at radius 2 is 2.07 bits per heavy atom. The fourth-order valence-electron chi connectivity index (χ4n) is 1.68. The lowest BCUT2D eigenvalue weighted by Gasteiger charge is -2.24. The summed E-state index contributed by atoms with van der Waals surface area (Å²) in [4.78, 5) is 0. The second-order valence-electron chi connectivity index (χ2n) is 4.17. The number of nitrogens with one attached hydrogen (secondary N) is 1. The van der Waals surface area contributed by atoms with Gasteiger partial charge in [0.25, 0.3) is 0 Å². The molecule has 0 aliphatic heterocycles. The summed E-state index contributed by atoms with van der Waals surface area (Å²) >= 11 is 0. The molecule has 0 rings (SSSR count). The van der Waals surface area contributed by atoms with Crippen LogP contribution in [0.25, 0.3) is 0 Å². The first-order valence-electron chi connectivity index (χ1n) is 6.10. The van der Waals surface area contributed by atoms with Gasteiger partial charge in [0.05, 0.1) is 0 Å². The first-order valence-corrected chi connectivity index (χ1v) is 6.10. The molecule has 0 bridgehead atoms. The van der Waals surface area contributed by atoms with Crippen molar-refractivity contribution in [1.29, 1.82) is 0 Å². The fraction of sp³-hybridized carbons (Fsp3) is 0.846. The maximum atomic E-state index is 3.76. The van der Waals surface area contributed by atoms with Crippen LogP contribution < -0.4 is 5.32 Å². The highest BCUT2D eigenvalue weighted by Gasteiger charge is 2.13. The van der Waals surface area contributed by atoms with Crippen molar-refractivity contribution in [3.63, 3.8) is 0 Å². The van der Waals surface area contributed by atoms with Gasteiger partial charge in [0.1, 0.15) is 0 Å². The second-order valence-corrected chi connectivity index (χ2v) is 4.17. The molecule has 0 aromatic carbocycles. The van der Waals surface area contributed by atoms with Crippen molar-refractivity contribution in [2.75, 3.05) is 6.54 Å². The molecule has 0 amide bonds. The van der Waals surface area contributed by atoms with Crippen LogP contribution in [0.2, 0.25) is 0 Å². The Bertz CT molecular complexity index is 131. The summed E-state index contributed by atoms with van der Waals surface area (Å²) in [6, 6.07) is 0.708. The van der Waals surface area contributed by atoms with Crippen LogP contribution in [0.1, 0.15) is 52.9 Å². The first kappa shape index (κ1) is 13.7. The summed E-state index contributed by atoms with van der Waals surface area (Å²) < 4.78 is 0. The van der Waals surface area contributed by atoms with E-state index in [1.165, 1.54) is 25.7 Å². The van der Waals surface area contributed by atoms with Gasteiger partial charge in [-0.15, -0.1) is 6.58 Å². The summed E-state index contributed by atoms with van der Waals surface area (Å²) in [7, 11) is 0. The highest BCUT2D eigenvalue weighted by molar-refractivity contribution is 4.75. The lowest BCUT2D eigenvalue weighted by Crippen LogP contribution is -2.35. The molecule has 84 valence electrons. The van der Waals surface area contributed by atoms with E-state index in [2.05, 4.69) is 32.7 Å². The van der Waals surface area contributed by atoms with Gasteiger partial charge < -0.3 is 5.32 Å². The van der Waals surface area contributed by atoms with Gasteiger partial charge in [-0.05, 0) is 38.1 Å². The van der Waals surface area contributed by atoms with E-state index in [4.69, 9.17) is 0 Å². The third-order valence-electron chi connectivity index (χ3n) is 2.91. The molecule has 14 heavy (non-hydrogen) atoms. The highest BCUT2D eigenvalue weighted by atomic mass is 14.9. The fourth-order valence-corrected chi connectivity index (χ4v) is 1.68. The van der Waals surface area contributed by atoms with E-state index in [1.54, 1.807) is 0 Å². The van der Waals surface area contributed by atoms with Crippen molar-refractivity contribution in [1.82, 2.24) is 5.32 Å². The van der Waals surface area contributed by atoms with E-state index in [0.717, 1.165) is 18.9 Å². The molecule has 0 aromatic heterocycles. The topological polar surface area (TPSA) is 12.0 Å². The lowest BCUT2D eigenvalue weighted by molar-refractivity contribution is 0.343. The SMILES string of the molecule is C=CCCCC(NCCC)C(C)CC. The monoisotopic (exact) mass is 197 g/mol. The van der Waals surface area contributed by atoms with Crippen molar-refractivity contribution in [2.45, 2.75) is 58.9 Å². The molecule has 0 aromatic rings. The van der Waals surface area contributed by atoms with Crippen LogP contribution in [-0.4, -0.2) is 12.6 Å². The van der Waals surface area contributed by atoms with Gasteiger partial charge in [0, 0.05) is 6.04 Å². The predicted octanol–water partition coefficient (Wildman–Crippen LogP) is 3.76. The lowest BCUT2D eigenvalue weighted by atomic mass is 9.94. The van der Waals surface area contributed by atoms with E-state index >= 15 is 0 Å². The summed E-state index contributed by atoms with van der Waals surface area (Å²) in [5.41, 5.74) is 0. The van der Waals surface area contributed by atoms with Gasteiger partial charge in [0.15, 0.2) is 0 Å². The maximum absolute atomic E-state index is 3.76. The molecule has 0 radical (unpaired) electrons. The van der Waals surface area contributed by atoms with Crippen molar-refractivity contribution in [3.05, 3.63) is 12.7 Å². The molecule has 1 heteroatoms. The van der Waals surface area contributed by atoms with Gasteiger partial charge in [-0.1, -0.05) is 33.3 Å². The Morgan fingerprint density at radius 3 is 2.57 bits per heavy atom. The van der Waals surface area contributed by atoms with Crippen LogP contribution in [0.3, 0.4) is 0 Å². The average Bonchev–Trinajstić information content (AvgIpc) is 2.22. The smallest absolute Gasteiger partial charge is 0.00926 e. The van der Waals surface area contributed by atoms with E-state index in [1.807, 2.05) is 6.08 Å². The zero-order valence-electron chi connectivity index (χ0n) is 10.2. The predicted molar refractivity (Wildman–Crippen MR) is 65.6 cm³/mol. The van der Waals surface area contributed by atoms with Crippen LogP contribution in [0.15, 0.2) is 12.7 Å². The van der Waals surface area contributed by atoms with Gasteiger partial charge >= 0.3 is 0 Å². The van der Waals surface area contributed by atoms with Crippen LogP contribution in [0.4, 0.5) is 0 Å². The minimum atomic E-state index is 0.708. The zero-order chi connectivity index (χ0) is 10.8. The highest BCUT2D eigenvalue weighted by Crippen LogP contribution is 2.14. The van der Waals surface area contributed by atoms with Gasteiger partial charge in [0.2, 0.25) is 0 Å². The molecule has 0 fully saturated rings. The number of unbranched alkanes of at least 4 members (excludes halogenated alkanes) is 1. The third kappa shape index (κ3) is 6.20. The van der Waals surface area contributed by atoms with Gasteiger partial charge in [-0.25, -0.2) is 0 Å². The molecule has 0 saturated carbocycles. The molecular formula is C13H27N. The van der Waals surface area contributed by atoms with E-state index in [-0.39, 0.29) is 0 Å². The molecule has 0 spiro atoms. The molecular weight excluding hydrogens is 170 g/mol. The molecule has 0 aliphatic carbocycles. The summed E-state index contributed by atoms with van der Waals surface area (Å²) in [6.07, 6.45) is 8.24. The molecule has 0 heterocycles. The largest absolute Gasteiger partial charge is 0.314 e. The molecule has 2 atom stereocenters. The Hall–Kier alpha value is -0.300.